The summed E-state index contributed by atoms with van der Waals surface area (Å²) in [6.07, 6.45) is 0. The minimum Gasteiger partial charge on any atom is -0.608 e. The molecule has 0 spiro atoms. The van der Waals surface area contributed by atoms with Gasteiger partial charge in [0, 0.05) is 19.6 Å². The van der Waals surface area contributed by atoms with Crippen molar-refractivity contribution in [3.8, 4) is 0 Å². The van der Waals surface area contributed by atoms with E-state index in [9.17, 15) is 4.55 Å². The van der Waals surface area contributed by atoms with E-state index in [1.165, 1.54) is 0 Å². The summed E-state index contributed by atoms with van der Waals surface area (Å²) >= 11 is 1.89. The molecule has 0 saturated carbocycles. The Bertz CT molecular complexity index is 242. The van der Waals surface area contributed by atoms with E-state index < -0.39 is 8.35 Å². The Balaban J connectivity index is 2.71. The van der Waals surface area contributed by atoms with Crippen LogP contribution in [0, 0.1) is 0 Å². The number of nitrogen functional groups attached to an aromatic ring is 1. The molecule has 0 amide bonds. The van der Waals surface area contributed by atoms with E-state index in [0.717, 1.165) is 11.3 Å². The van der Waals surface area contributed by atoms with Crippen molar-refractivity contribution in [1.82, 2.24) is 0 Å². The van der Waals surface area contributed by atoms with Crippen molar-refractivity contribution in [3.63, 3.8) is 0 Å². The predicted molar refractivity (Wildman–Crippen MR) is 56.7 cm³/mol. The lowest BCUT2D eigenvalue weighted by molar-refractivity contribution is 0.611. The summed E-state index contributed by atoms with van der Waals surface area (Å²) in [6, 6.07) is 7.46. The first-order valence-electron chi connectivity index (χ1n) is 3.07. The van der Waals surface area contributed by atoms with E-state index in [1.54, 1.807) is 0 Å². The van der Waals surface area contributed by atoms with Gasteiger partial charge < -0.3 is 10.3 Å². The number of halogens is 1. The first-order valence-corrected chi connectivity index (χ1v) is 6.93. The van der Waals surface area contributed by atoms with Crippen LogP contribution in [0.15, 0.2) is 24.3 Å². The standard InChI is InChI=1S/C7H8INOS/c8-11(10)5-6-2-1-3-7(9)4-6/h1-4H,5,9H2. The van der Waals surface area contributed by atoms with Crippen LogP contribution in [-0.2, 0) is 14.1 Å². The summed E-state index contributed by atoms with van der Waals surface area (Å²) < 4.78 is 10.8. The third-order valence-corrected chi connectivity index (χ3v) is 2.73. The topological polar surface area (TPSA) is 49.1 Å². The number of hydrogen-bond acceptors (Lipinski definition) is 2. The normalized spacial score (nSPS) is 12.9. The fourth-order valence-corrected chi connectivity index (χ4v) is 2.33. The van der Waals surface area contributed by atoms with Crippen molar-refractivity contribution >= 4 is 35.2 Å². The Labute approximate surface area is 80.9 Å². The maximum Gasteiger partial charge on any atom is 0.248 e. The van der Waals surface area contributed by atoms with Crippen LogP contribution in [0.2, 0.25) is 0 Å². The maximum absolute atomic E-state index is 10.8. The molecule has 2 nitrogen and oxygen atoms in total. The Kier molecular flexibility index (Phi) is 3.47. The number of benzene rings is 1. The first-order chi connectivity index (χ1) is 5.18. The Morgan fingerprint density at radius 3 is 2.82 bits per heavy atom. The van der Waals surface area contributed by atoms with Gasteiger partial charge in [0.2, 0.25) is 21.2 Å². The summed E-state index contributed by atoms with van der Waals surface area (Å²) in [6.45, 7) is 0. The van der Waals surface area contributed by atoms with Crippen LogP contribution in [0.5, 0.6) is 0 Å². The largest absolute Gasteiger partial charge is 0.608 e. The second-order valence-corrected chi connectivity index (χ2v) is 6.00. The van der Waals surface area contributed by atoms with Crippen molar-refractivity contribution in [2.45, 2.75) is 5.75 Å². The van der Waals surface area contributed by atoms with Gasteiger partial charge in [-0.15, -0.1) is 0 Å². The second-order valence-electron chi connectivity index (χ2n) is 2.18. The zero-order valence-electron chi connectivity index (χ0n) is 5.79. The second kappa shape index (κ2) is 4.18. The molecule has 0 aliphatic carbocycles. The molecule has 1 atom stereocenters. The van der Waals surface area contributed by atoms with Gasteiger partial charge in [-0.2, -0.15) is 0 Å². The van der Waals surface area contributed by atoms with E-state index in [-0.39, 0.29) is 0 Å². The fourth-order valence-electron chi connectivity index (χ4n) is 0.814. The van der Waals surface area contributed by atoms with E-state index >= 15 is 0 Å². The minimum atomic E-state index is -0.810. The van der Waals surface area contributed by atoms with Gasteiger partial charge in [0.25, 0.3) is 0 Å². The number of rotatable bonds is 2. The predicted octanol–water partition coefficient (Wildman–Crippen LogP) is 1.87. The molecule has 0 radical (unpaired) electrons. The van der Waals surface area contributed by atoms with Gasteiger partial charge in [-0.3, -0.25) is 0 Å². The lowest BCUT2D eigenvalue weighted by Crippen LogP contribution is -1.95. The van der Waals surface area contributed by atoms with Crippen LogP contribution in [0.25, 0.3) is 0 Å². The van der Waals surface area contributed by atoms with Crippen molar-refractivity contribution < 1.29 is 4.55 Å². The van der Waals surface area contributed by atoms with Gasteiger partial charge in [-0.1, -0.05) is 12.1 Å². The molecule has 1 aromatic rings. The molecule has 0 aliphatic heterocycles. The SMILES string of the molecule is Nc1cccc(C[S+]([O-])I)c1. The third-order valence-electron chi connectivity index (χ3n) is 1.23. The van der Waals surface area contributed by atoms with Crippen molar-refractivity contribution in [3.05, 3.63) is 29.8 Å². The molecule has 0 saturated heterocycles. The molecule has 60 valence electrons. The average Bonchev–Trinajstić information content (AvgIpc) is 1.85. The molecule has 4 heteroatoms. The highest BCUT2D eigenvalue weighted by Crippen LogP contribution is 2.13. The molecule has 11 heavy (non-hydrogen) atoms. The van der Waals surface area contributed by atoms with Crippen LogP contribution in [0.3, 0.4) is 0 Å². The summed E-state index contributed by atoms with van der Waals surface area (Å²) in [7, 11) is -0.810. The van der Waals surface area contributed by atoms with Crippen LogP contribution in [0.1, 0.15) is 5.56 Å². The minimum absolute atomic E-state index is 0.575. The molecule has 1 rings (SSSR count). The molecule has 0 heterocycles. The lowest BCUT2D eigenvalue weighted by atomic mass is 10.2. The zero-order chi connectivity index (χ0) is 8.27. The molecule has 1 unspecified atom stereocenters. The van der Waals surface area contributed by atoms with Crippen LogP contribution in [-0.4, -0.2) is 4.55 Å². The van der Waals surface area contributed by atoms with Gasteiger partial charge in [-0.05, 0) is 12.1 Å². The summed E-state index contributed by atoms with van der Waals surface area (Å²) in [5.74, 6) is 0.575. The highest BCUT2D eigenvalue weighted by Gasteiger charge is 2.02. The van der Waals surface area contributed by atoms with Crippen molar-refractivity contribution in [1.29, 1.82) is 0 Å². The van der Waals surface area contributed by atoms with Gasteiger partial charge in [0.05, 0.1) is 0 Å². The zero-order valence-corrected chi connectivity index (χ0v) is 8.76. The molecule has 2 N–H and O–H groups in total. The highest BCUT2D eigenvalue weighted by molar-refractivity contribution is 14.2. The molecule has 0 fully saturated rings. The quantitative estimate of drug-likeness (QED) is 0.511. The molecule has 0 aromatic heterocycles. The summed E-state index contributed by atoms with van der Waals surface area (Å²) in [4.78, 5) is 0. The molecule has 0 bridgehead atoms. The Morgan fingerprint density at radius 1 is 1.55 bits per heavy atom. The first kappa shape index (κ1) is 9.15. The van der Waals surface area contributed by atoms with E-state index in [4.69, 9.17) is 5.73 Å². The summed E-state index contributed by atoms with van der Waals surface area (Å²) in [5.41, 5.74) is 7.28. The van der Waals surface area contributed by atoms with Crippen molar-refractivity contribution in [2.24, 2.45) is 0 Å². The average molecular weight is 281 g/mol. The Hall–Kier alpha value is 0.0600. The van der Waals surface area contributed by atoms with Gasteiger partial charge >= 0.3 is 0 Å². The summed E-state index contributed by atoms with van der Waals surface area (Å²) in [5, 5.41) is 0. The molecular formula is C7H8INOS. The van der Waals surface area contributed by atoms with Crippen LogP contribution in [0.4, 0.5) is 5.69 Å². The van der Waals surface area contributed by atoms with Crippen molar-refractivity contribution in [2.75, 3.05) is 5.73 Å². The smallest absolute Gasteiger partial charge is 0.248 e. The highest BCUT2D eigenvalue weighted by atomic mass is 127. The van der Waals surface area contributed by atoms with Crippen LogP contribution >= 0.6 is 21.2 Å². The monoisotopic (exact) mass is 281 g/mol. The lowest BCUT2D eigenvalue weighted by Gasteiger charge is -2.01. The van der Waals surface area contributed by atoms with Gasteiger partial charge in [0.15, 0.2) is 0 Å². The number of nitrogens with two attached hydrogens (primary N) is 1. The number of hydrogen-bond donors (Lipinski definition) is 1. The Morgan fingerprint density at radius 2 is 2.27 bits per heavy atom. The molecule has 1 aromatic carbocycles. The van der Waals surface area contributed by atoms with Gasteiger partial charge in [-0.25, -0.2) is 0 Å². The van der Waals surface area contributed by atoms with E-state index in [0.29, 0.717) is 5.75 Å². The van der Waals surface area contributed by atoms with E-state index in [1.807, 2.05) is 45.5 Å². The fraction of sp³-hybridized carbons (Fsp3) is 0.143. The third kappa shape index (κ3) is 3.31. The van der Waals surface area contributed by atoms with E-state index in [2.05, 4.69) is 0 Å². The van der Waals surface area contributed by atoms with Crippen LogP contribution < -0.4 is 5.73 Å². The number of anilines is 1. The molecular weight excluding hydrogens is 273 g/mol. The molecule has 0 aliphatic rings. The van der Waals surface area contributed by atoms with Gasteiger partial charge in [0.1, 0.15) is 5.75 Å². The maximum atomic E-state index is 10.8.